The number of carbonyl (C=O) groups is 1. The van der Waals surface area contributed by atoms with Crippen LogP contribution < -0.4 is 11.1 Å². The van der Waals surface area contributed by atoms with Gasteiger partial charge in [-0.1, -0.05) is 5.92 Å². The van der Waals surface area contributed by atoms with Crippen LogP contribution in [0.3, 0.4) is 0 Å². The Bertz CT molecular complexity index is 830. The van der Waals surface area contributed by atoms with E-state index < -0.39 is 0 Å². The molecule has 1 aromatic rings. The molecule has 2 amide bonds. The van der Waals surface area contributed by atoms with Crippen LogP contribution in [0.4, 0.5) is 16.3 Å². The maximum absolute atomic E-state index is 12.8. The summed E-state index contributed by atoms with van der Waals surface area (Å²) in [5.74, 6) is 2.89. The number of aliphatic imine (C=N–C) groups is 1. The summed E-state index contributed by atoms with van der Waals surface area (Å²) in [5, 5.41) is 2.86. The summed E-state index contributed by atoms with van der Waals surface area (Å²) in [7, 11) is 2.15. The van der Waals surface area contributed by atoms with E-state index in [1.807, 2.05) is 4.90 Å². The van der Waals surface area contributed by atoms with E-state index in [0.717, 1.165) is 45.4 Å². The van der Waals surface area contributed by atoms with Crippen molar-refractivity contribution in [1.82, 2.24) is 14.8 Å². The Kier molecular flexibility index (Phi) is 6.00. The first-order valence-corrected chi connectivity index (χ1v) is 9.62. The van der Waals surface area contributed by atoms with Crippen molar-refractivity contribution in [3.63, 3.8) is 0 Å². The van der Waals surface area contributed by atoms with Crippen molar-refractivity contribution in [2.75, 3.05) is 44.3 Å². The van der Waals surface area contributed by atoms with Crippen LogP contribution in [0.25, 0.3) is 5.57 Å². The van der Waals surface area contributed by atoms with E-state index in [1.165, 1.54) is 0 Å². The van der Waals surface area contributed by atoms with Crippen LogP contribution in [-0.2, 0) is 0 Å². The molecule has 7 nitrogen and oxygen atoms in total. The van der Waals surface area contributed by atoms with E-state index in [9.17, 15) is 4.79 Å². The van der Waals surface area contributed by atoms with Crippen molar-refractivity contribution in [1.29, 1.82) is 0 Å². The lowest BCUT2D eigenvalue weighted by molar-refractivity contribution is 0.129. The van der Waals surface area contributed by atoms with Crippen molar-refractivity contribution >= 4 is 29.3 Å². The number of amides is 2. The molecular formula is C21H28N6O. The Labute approximate surface area is 166 Å². The van der Waals surface area contributed by atoms with E-state index in [1.54, 1.807) is 31.5 Å². The second-order valence-corrected chi connectivity index (χ2v) is 7.63. The molecule has 3 rings (SSSR count). The van der Waals surface area contributed by atoms with Gasteiger partial charge in [-0.05, 0) is 63.9 Å². The minimum absolute atomic E-state index is 0.162. The SMILES string of the molecule is C#C/C(=C\N=CC)c1ccc(N)c(NC(=O)N2CCC3(CCN(C)CC3)C2)n1. The van der Waals surface area contributed by atoms with Crippen LogP contribution in [0.5, 0.6) is 0 Å². The number of allylic oxidation sites excluding steroid dienone is 1. The minimum Gasteiger partial charge on any atom is -0.396 e. The number of nitrogens with two attached hydrogens (primary N) is 1. The molecule has 0 bridgehead atoms. The van der Waals surface area contributed by atoms with Gasteiger partial charge < -0.3 is 15.5 Å². The first-order valence-electron chi connectivity index (χ1n) is 9.62. The van der Waals surface area contributed by atoms with Gasteiger partial charge in [0.05, 0.1) is 17.0 Å². The molecule has 0 saturated carbocycles. The second-order valence-electron chi connectivity index (χ2n) is 7.63. The molecule has 2 aliphatic rings. The highest BCUT2D eigenvalue weighted by molar-refractivity contribution is 5.92. The van der Waals surface area contributed by atoms with Crippen molar-refractivity contribution < 1.29 is 4.79 Å². The molecular weight excluding hydrogens is 352 g/mol. The topological polar surface area (TPSA) is 86.8 Å². The smallest absolute Gasteiger partial charge is 0.323 e. The number of likely N-dealkylation sites (tertiary alicyclic amines) is 2. The lowest BCUT2D eigenvalue weighted by Gasteiger charge is -2.37. The van der Waals surface area contributed by atoms with E-state index >= 15 is 0 Å². The molecule has 3 N–H and O–H groups in total. The van der Waals surface area contributed by atoms with Crippen LogP contribution in [0.15, 0.2) is 23.3 Å². The van der Waals surface area contributed by atoms with Crippen LogP contribution in [0.2, 0.25) is 0 Å². The lowest BCUT2D eigenvalue weighted by Crippen LogP contribution is -2.41. The standard InChI is InChI=1S/C21H28N6O/c1-4-16(14-23-5-2)18-7-6-17(22)19(24-18)25-20(28)27-13-10-21(15-27)8-11-26(3)12-9-21/h1,5-7,14H,8-13,15,22H2,2-3H3,(H,24,25,28)/b16-14+,23-5?. The van der Waals surface area contributed by atoms with Gasteiger partial charge in [0.25, 0.3) is 0 Å². The Balaban J connectivity index is 1.71. The zero-order chi connectivity index (χ0) is 20.1. The molecule has 2 aliphatic heterocycles. The van der Waals surface area contributed by atoms with E-state index in [-0.39, 0.29) is 11.4 Å². The second kappa shape index (κ2) is 8.44. The molecule has 2 fully saturated rings. The molecule has 0 aliphatic carbocycles. The Morgan fingerprint density at radius 3 is 2.75 bits per heavy atom. The molecule has 2 saturated heterocycles. The fourth-order valence-corrected chi connectivity index (χ4v) is 3.84. The van der Waals surface area contributed by atoms with E-state index in [0.29, 0.717) is 22.8 Å². The molecule has 0 aromatic carbocycles. The normalized spacial score (nSPS) is 19.9. The quantitative estimate of drug-likeness (QED) is 0.623. The van der Waals surface area contributed by atoms with Crippen LogP contribution in [-0.4, -0.2) is 60.3 Å². The van der Waals surface area contributed by atoms with Gasteiger partial charge in [-0.3, -0.25) is 10.3 Å². The van der Waals surface area contributed by atoms with Crippen LogP contribution >= 0.6 is 0 Å². The van der Waals surface area contributed by atoms with Crippen molar-refractivity contribution in [2.45, 2.75) is 26.2 Å². The van der Waals surface area contributed by atoms with Crippen molar-refractivity contribution in [3.05, 3.63) is 24.0 Å². The number of carbonyl (C=O) groups excluding carboxylic acids is 1. The number of hydrogen-bond donors (Lipinski definition) is 2. The predicted octanol–water partition coefficient (Wildman–Crippen LogP) is 2.68. The summed E-state index contributed by atoms with van der Waals surface area (Å²) in [5.41, 5.74) is 7.76. The Morgan fingerprint density at radius 1 is 1.36 bits per heavy atom. The van der Waals surface area contributed by atoms with Gasteiger partial charge in [-0.25, -0.2) is 9.78 Å². The largest absolute Gasteiger partial charge is 0.396 e. The number of terminal acetylenes is 1. The molecule has 0 unspecified atom stereocenters. The summed E-state index contributed by atoms with van der Waals surface area (Å²) < 4.78 is 0. The Morgan fingerprint density at radius 2 is 2.07 bits per heavy atom. The van der Waals surface area contributed by atoms with Crippen LogP contribution in [0.1, 0.15) is 31.9 Å². The highest BCUT2D eigenvalue weighted by Gasteiger charge is 2.41. The van der Waals surface area contributed by atoms with Gasteiger partial charge in [0, 0.05) is 25.5 Å². The van der Waals surface area contributed by atoms with Gasteiger partial charge in [0.1, 0.15) is 0 Å². The summed E-state index contributed by atoms with van der Waals surface area (Å²) in [6.45, 7) is 5.53. The number of anilines is 2. The lowest BCUT2D eigenvalue weighted by atomic mass is 9.78. The maximum atomic E-state index is 12.8. The molecule has 7 heteroatoms. The van der Waals surface area contributed by atoms with Crippen molar-refractivity contribution in [3.8, 4) is 12.3 Å². The van der Waals surface area contributed by atoms with Gasteiger partial charge in [0.2, 0.25) is 0 Å². The summed E-state index contributed by atoms with van der Waals surface area (Å²) >= 11 is 0. The molecule has 1 aromatic heterocycles. The Hall–Kier alpha value is -2.85. The summed E-state index contributed by atoms with van der Waals surface area (Å²) in [6, 6.07) is 3.26. The van der Waals surface area contributed by atoms with Gasteiger partial charge in [0.15, 0.2) is 5.82 Å². The van der Waals surface area contributed by atoms with E-state index in [2.05, 4.69) is 33.2 Å². The first kappa shape index (κ1) is 19.9. The minimum atomic E-state index is -0.162. The number of aromatic nitrogens is 1. The highest BCUT2D eigenvalue weighted by Crippen LogP contribution is 2.40. The van der Waals surface area contributed by atoms with E-state index in [4.69, 9.17) is 12.2 Å². The van der Waals surface area contributed by atoms with Gasteiger partial charge in [-0.2, -0.15) is 0 Å². The number of nitrogen functional groups attached to an aromatic ring is 1. The zero-order valence-corrected chi connectivity index (χ0v) is 16.6. The average molecular weight is 380 g/mol. The molecule has 3 heterocycles. The summed E-state index contributed by atoms with van der Waals surface area (Å²) in [4.78, 5) is 25.5. The number of piperidine rings is 1. The third-order valence-electron chi connectivity index (χ3n) is 5.71. The van der Waals surface area contributed by atoms with Crippen molar-refractivity contribution in [2.24, 2.45) is 10.4 Å². The predicted molar refractivity (Wildman–Crippen MR) is 114 cm³/mol. The number of nitrogens with one attached hydrogen (secondary N) is 1. The highest BCUT2D eigenvalue weighted by atomic mass is 16.2. The molecule has 0 atom stereocenters. The molecule has 28 heavy (non-hydrogen) atoms. The fraction of sp³-hybridized carbons (Fsp3) is 0.476. The number of nitrogens with zero attached hydrogens (tertiary/aromatic N) is 4. The fourth-order valence-electron chi connectivity index (χ4n) is 3.84. The molecule has 1 spiro atoms. The maximum Gasteiger partial charge on any atom is 0.323 e. The van der Waals surface area contributed by atoms with Crippen LogP contribution in [0, 0.1) is 17.8 Å². The summed E-state index contributed by atoms with van der Waals surface area (Å²) in [6.07, 6.45) is 12.1. The zero-order valence-electron chi connectivity index (χ0n) is 16.6. The molecule has 0 radical (unpaired) electrons. The van der Waals surface area contributed by atoms with Gasteiger partial charge in [-0.15, -0.1) is 6.42 Å². The van der Waals surface area contributed by atoms with Gasteiger partial charge >= 0.3 is 6.03 Å². The monoisotopic (exact) mass is 380 g/mol. The number of hydrogen-bond acceptors (Lipinski definition) is 5. The number of urea groups is 1. The number of pyridine rings is 1. The first-order chi connectivity index (χ1) is 13.5. The molecule has 148 valence electrons. The average Bonchev–Trinajstić information content (AvgIpc) is 3.11. The third kappa shape index (κ3) is 4.34. The number of rotatable bonds is 3. The third-order valence-corrected chi connectivity index (χ3v) is 5.71.